The second-order valence-electron chi connectivity index (χ2n) is 5.57. The van der Waals surface area contributed by atoms with Crippen LogP contribution in [0.3, 0.4) is 0 Å². The van der Waals surface area contributed by atoms with Gasteiger partial charge in [-0.1, -0.05) is 42.9 Å². The SMILES string of the molecule is C[SiH](C)C(C)(C)COc1cc(Br)ccc1C(F)(F)F. The maximum atomic E-state index is 12.9. The molecule has 0 fully saturated rings. The van der Waals surface area contributed by atoms with Crippen LogP contribution < -0.4 is 4.74 Å². The highest BCUT2D eigenvalue weighted by Gasteiger charge is 2.35. The first kappa shape index (κ1) is 16.6. The van der Waals surface area contributed by atoms with Crippen molar-refractivity contribution in [2.24, 2.45) is 0 Å². The Balaban J connectivity index is 2.98. The summed E-state index contributed by atoms with van der Waals surface area (Å²) < 4.78 is 44.6. The second-order valence-corrected chi connectivity index (χ2v) is 10.4. The Morgan fingerprint density at radius 2 is 1.79 bits per heavy atom. The quantitative estimate of drug-likeness (QED) is 0.682. The van der Waals surface area contributed by atoms with Gasteiger partial charge in [0, 0.05) is 13.3 Å². The predicted octanol–water partition coefficient (Wildman–Crippen LogP) is 5.11. The van der Waals surface area contributed by atoms with E-state index in [2.05, 4.69) is 29.0 Å². The fraction of sp³-hybridized carbons (Fsp3) is 0.538. The molecule has 0 aromatic heterocycles. The van der Waals surface area contributed by atoms with Crippen LogP contribution in [0.1, 0.15) is 19.4 Å². The molecule has 0 bridgehead atoms. The summed E-state index contributed by atoms with van der Waals surface area (Å²) in [6, 6.07) is 3.79. The third-order valence-electron chi connectivity index (χ3n) is 3.41. The molecule has 0 radical (unpaired) electrons. The summed E-state index contributed by atoms with van der Waals surface area (Å²) in [5.41, 5.74) is -0.725. The van der Waals surface area contributed by atoms with Gasteiger partial charge < -0.3 is 4.74 Å². The summed E-state index contributed by atoms with van der Waals surface area (Å²) in [6.07, 6.45) is -4.39. The molecule has 0 saturated heterocycles. The zero-order valence-electron chi connectivity index (χ0n) is 11.4. The van der Waals surface area contributed by atoms with Crippen molar-refractivity contribution in [1.82, 2.24) is 0 Å². The number of benzene rings is 1. The molecule has 0 saturated carbocycles. The predicted molar refractivity (Wildman–Crippen MR) is 77.6 cm³/mol. The summed E-state index contributed by atoms with van der Waals surface area (Å²) in [5.74, 6) is -0.107. The molecule has 0 atom stereocenters. The van der Waals surface area contributed by atoms with Gasteiger partial charge in [0.1, 0.15) is 5.75 Å². The number of alkyl halides is 3. The Morgan fingerprint density at radius 3 is 2.26 bits per heavy atom. The largest absolute Gasteiger partial charge is 0.493 e. The zero-order valence-corrected chi connectivity index (χ0v) is 14.2. The molecule has 1 aromatic carbocycles. The second kappa shape index (κ2) is 5.87. The summed E-state index contributed by atoms with van der Waals surface area (Å²) in [6.45, 7) is 8.70. The number of rotatable bonds is 4. The van der Waals surface area contributed by atoms with Gasteiger partial charge in [-0.2, -0.15) is 13.2 Å². The molecule has 0 spiro atoms. The average Bonchev–Trinajstić information content (AvgIpc) is 2.24. The van der Waals surface area contributed by atoms with Crippen LogP contribution >= 0.6 is 15.9 Å². The maximum absolute atomic E-state index is 12.9. The molecule has 6 heteroatoms. The molecule has 19 heavy (non-hydrogen) atoms. The zero-order chi connectivity index (χ0) is 14.8. The van der Waals surface area contributed by atoms with Gasteiger partial charge in [0.15, 0.2) is 0 Å². The topological polar surface area (TPSA) is 9.23 Å². The summed E-state index contributed by atoms with van der Waals surface area (Å²) in [4.78, 5) is 0. The van der Waals surface area contributed by atoms with Crippen LogP contribution in [0.15, 0.2) is 22.7 Å². The molecule has 0 N–H and O–H groups in total. The highest BCUT2D eigenvalue weighted by atomic mass is 79.9. The van der Waals surface area contributed by atoms with Gasteiger partial charge in [-0.25, -0.2) is 0 Å². The van der Waals surface area contributed by atoms with Crippen LogP contribution in [-0.4, -0.2) is 15.4 Å². The standard InChI is InChI=1S/C13H18BrF3OSi/c1-12(2,19(3)4)8-18-11-7-9(14)5-6-10(11)13(15,16)17/h5-7,19H,8H2,1-4H3. The van der Waals surface area contributed by atoms with E-state index in [1.165, 1.54) is 12.1 Å². The summed E-state index contributed by atoms with van der Waals surface area (Å²) >= 11 is 3.17. The van der Waals surface area contributed by atoms with E-state index in [4.69, 9.17) is 4.74 Å². The van der Waals surface area contributed by atoms with Crippen molar-refractivity contribution in [2.45, 2.75) is 38.2 Å². The van der Waals surface area contributed by atoms with E-state index in [-0.39, 0.29) is 10.8 Å². The molecule has 0 aliphatic heterocycles. The van der Waals surface area contributed by atoms with E-state index < -0.39 is 20.5 Å². The van der Waals surface area contributed by atoms with Crippen LogP contribution in [0, 0.1) is 0 Å². The Bertz CT molecular complexity index is 444. The molecule has 1 nitrogen and oxygen atoms in total. The monoisotopic (exact) mass is 354 g/mol. The molecular formula is C13H18BrF3OSi. The van der Waals surface area contributed by atoms with Gasteiger partial charge in [0.25, 0.3) is 0 Å². The fourth-order valence-corrected chi connectivity index (χ4v) is 2.04. The smallest absolute Gasteiger partial charge is 0.419 e. The number of halogens is 4. The molecule has 0 aliphatic carbocycles. The number of hydrogen-bond donors (Lipinski definition) is 0. The van der Waals surface area contributed by atoms with E-state index in [1.54, 1.807) is 0 Å². The fourth-order valence-electron chi connectivity index (χ4n) is 1.28. The van der Waals surface area contributed by atoms with Crippen molar-refractivity contribution in [1.29, 1.82) is 0 Å². The number of ether oxygens (including phenoxy) is 1. The Hall–Kier alpha value is -0.493. The number of hydrogen-bond acceptors (Lipinski definition) is 1. The molecule has 1 rings (SSSR count). The van der Waals surface area contributed by atoms with Gasteiger partial charge >= 0.3 is 6.18 Å². The van der Waals surface area contributed by atoms with Crippen molar-refractivity contribution in [3.05, 3.63) is 28.2 Å². The van der Waals surface area contributed by atoms with E-state index >= 15 is 0 Å². The van der Waals surface area contributed by atoms with Crippen LogP contribution in [0.5, 0.6) is 5.75 Å². The lowest BCUT2D eigenvalue weighted by molar-refractivity contribution is -0.139. The highest BCUT2D eigenvalue weighted by Crippen LogP contribution is 2.39. The minimum Gasteiger partial charge on any atom is -0.493 e. The van der Waals surface area contributed by atoms with Gasteiger partial charge in [0.05, 0.1) is 12.2 Å². The van der Waals surface area contributed by atoms with Crippen molar-refractivity contribution in [3.8, 4) is 5.75 Å². The first-order chi connectivity index (χ1) is 8.54. The van der Waals surface area contributed by atoms with Crippen molar-refractivity contribution < 1.29 is 17.9 Å². The lowest BCUT2D eigenvalue weighted by atomic mass is 10.2. The van der Waals surface area contributed by atoms with E-state index in [0.29, 0.717) is 11.1 Å². The Labute approximate surface area is 121 Å². The molecule has 0 unspecified atom stereocenters. The van der Waals surface area contributed by atoms with Gasteiger partial charge in [-0.05, 0) is 23.2 Å². The third-order valence-corrected chi connectivity index (χ3v) is 7.20. The lowest BCUT2D eigenvalue weighted by Crippen LogP contribution is -2.28. The van der Waals surface area contributed by atoms with Crippen molar-refractivity contribution in [3.63, 3.8) is 0 Å². The lowest BCUT2D eigenvalue weighted by Gasteiger charge is -2.28. The highest BCUT2D eigenvalue weighted by molar-refractivity contribution is 9.10. The van der Waals surface area contributed by atoms with Crippen LogP contribution in [0.4, 0.5) is 13.2 Å². The minimum absolute atomic E-state index is 0.0504. The normalized spacial score (nSPS) is 12.9. The molecular weight excluding hydrogens is 337 g/mol. The van der Waals surface area contributed by atoms with Crippen molar-refractivity contribution in [2.75, 3.05) is 6.61 Å². The Kier molecular flexibility index (Phi) is 5.12. The van der Waals surface area contributed by atoms with E-state index in [0.717, 1.165) is 6.07 Å². The molecule has 1 aromatic rings. The maximum Gasteiger partial charge on any atom is 0.419 e. The van der Waals surface area contributed by atoms with Crippen LogP contribution in [0.2, 0.25) is 18.1 Å². The Morgan fingerprint density at radius 1 is 1.21 bits per heavy atom. The van der Waals surface area contributed by atoms with Crippen molar-refractivity contribution >= 4 is 24.7 Å². The van der Waals surface area contributed by atoms with E-state index in [9.17, 15) is 13.2 Å². The van der Waals surface area contributed by atoms with Crippen LogP contribution in [0.25, 0.3) is 0 Å². The van der Waals surface area contributed by atoms with Gasteiger partial charge in [0.2, 0.25) is 0 Å². The van der Waals surface area contributed by atoms with E-state index in [1.807, 2.05) is 13.8 Å². The summed E-state index contributed by atoms with van der Waals surface area (Å²) in [7, 11) is -1.01. The first-order valence-corrected chi connectivity index (χ1v) is 9.71. The third kappa shape index (κ3) is 4.52. The molecule has 0 amide bonds. The first-order valence-electron chi connectivity index (χ1n) is 6.03. The molecule has 0 heterocycles. The van der Waals surface area contributed by atoms with Gasteiger partial charge in [-0.15, -0.1) is 0 Å². The summed E-state index contributed by atoms with van der Waals surface area (Å²) in [5, 5.41) is -0.0504. The average molecular weight is 355 g/mol. The molecule has 0 aliphatic rings. The van der Waals surface area contributed by atoms with Crippen LogP contribution in [-0.2, 0) is 6.18 Å². The minimum atomic E-state index is -4.39. The molecule has 108 valence electrons. The van der Waals surface area contributed by atoms with Gasteiger partial charge in [-0.3, -0.25) is 0 Å².